The average molecular weight is 393 g/mol. The van der Waals surface area contributed by atoms with Crippen molar-refractivity contribution < 1.29 is 17.4 Å². The Labute approximate surface area is 158 Å². The minimum Gasteiger partial charge on any atom is -0.382 e. The summed E-state index contributed by atoms with van der Waals surface area (Å²) in [6, 6.07) is 4.93. The normalized spacial score (nSPS) is 11.3. The van der Waals surface area contributed by atoms with E-state index in [-0.39, 0.29) is 17.3 Å². The molecule has 1 heterocycles. The monoisotopic (exact) mass is 393 g/mol. The molecule has 0 radical (unpaired) electrons. The van der Waals surface area contributed by atoms with Gasteiger partial charge in [0, 0.05) is 24.0 Å². The summed E-state index contributed by atoms with van der Waals surface area (Å²) in [5.41, 5.74) is 6.70. The maximum Gasteiger partial charge on any atom is 0.306 e. The highest BCUT2D eigenvalue weighted by Gasteiger charge is 2.15. The molecule has 1 aromatic carbocycles. The van der Waals surface area contributed by atoms with Gasteiger partial charge in [-0.3, -0.25) is 4.79 Å². The van der Waals surface area contributed by atoms with Crippen LogP contribution < -0.4 is 20.6 Å². The standard InChI is InChI=1S/C17H23N5O4S/c1-10(2)8-19-16-12(15(18)23)9-20-17(22-16)21-13-6-5-7-14(11(13)3)26-27(4,24)25/h5-7,9-10H,8H2,1-4H3,(H2,18,23)(H2,19,20,21,22). The quantitative estimate of drug-likeness (QED) is 0.580. The number of nitrogens with one attached hydrogen (secondary N) is 2. The molecule has 1 aromatic heterocycles. The van der Waals surface area contributed by atoms with Crippen molar-refractivity contribution in [1.82, 2.24) is 9.97 Å². The summed E-state index contributed by atoms with van der Waals surface area (Å²) in [5.74, 6) is 0.465. The summed E-state index contributed by atoms with van der Waals surface area (Å²) in [6.07, 6.45) is 2.32. The Morgan fingerprint density at radius 3 is 2.63 bits per heavy atom. The Hall–Kier alpha value is -2.88. The van der Waals surface area contributed by atoms with E-state index >= 15 is 0 Å². The van der Waals surface area contributed by atoms with Crippen LogP contribution in [0.25, 0.3) is 0 Å². The zero-order valence-electron chi connectivity index (χ0n) is 15.6. The van der Waals surface area contributed by atoms with Gasteiger partial charge in [0.25, 0.3) is 5.91 Å². The van der Waals surface area contributed by atoms with Crippen LogP contribution in [0.3, 0.4) is 0 Å². The molecule has 0 unspecified atom stereocenters. The van der Waals surface area contributed by atoms with E-state index in [4.69, 9.17) is 9.92 Å². The fourth-order valence-corrected chi connectivity index (χ4v) is 2.69. The molecular weight excluding hydrogens is 370 g/mol. The van der Waals surface area contributed by atoms with E-state index in [2.05, 4.69) is 20.6 Å². The lowest BCUT2D eigenvalue weighted by molar-refractivity contribution is 0.100. The maximum absolute atomic E-state index is 11.6. The Morgan fingerprint density at radius 1 is 1.33 bits per heavy atom. The lowest BCUT2D eigenvalue weighted by Crippen LogP contribution is -2.19. The van der Waals surface area contributed by atoms with Gasteiger partial charge < -0.3 is 20.6 Å². The molecule has 10 heteroatoms. The van der Waals surface area contributed by atoms with Gasteiger partial charge in [0.05, 0.1) is 11.8 Å². The van der Waals surface area contributed by atoms with Crippen molar-refractivity contribution in [3.63, 3.8) is 0 Å². The Bertz CT molecular complexity index is 944. The number of nitrogens with two attached hydrogens (primary N) is 1. The number of anilines is 3. The van der Waals surface area contributed by atoms with Crippen LogP contribution in [0.5, 0.6) is 5.75 Å². The number of hydrogen-bond acceptors (Lipinski definition) is 8. The van der Waals surface area contributed by atoms with Crippen molar-refractivity contribution in [3.05, 3.63) is 35.5 Å². The highest BCUT2D eigenvalue weighted by Crippen LogP contribution is 2.28. The van der Waals surface area contributed by atoms with Gasteiger partial charge >= 0.3 is 10.1 Å². The van der Waals surface area contributed by atoms with Crippen molar-refractivity contribution >= 4 is 33.5 Å². The molecule has 0 bridgehead atoms. The number of primary amides is 1. The third kappa shape index (κ3) is 5.81. The first-order valence-corrected chi connectivity index (χ1v) is 10.0. The van der Waals surface area contributed by atoms with Crippen LogP contribution in [-0.4, -0.2) is 37.1 Å². The molecule has 146 valence electrons. The number of benzene rings is 1. The van der Waals surface area contributed by atoms with E-state index in [1.807, 2.05) is 13.8 Å². The smallest absolute Gasteiger partial charge is 0.306 e. The van der Waals surface area contributed by atoms with E-state index in [9.17, 15) is 13.2 Å². The van der Waals surface area contributed by atoms with E-state index < -0.39 is 16.0 Å². The van der Waals surface area contributed by atoms with Gasteiger partial charge in [0.15, 0.2) is 0 Å². The third-order valence-corrected chi connectivity index (χ3v) is 3.99. The molecule has 0 saturated carbocycles. The molecular formula is C17H23N5O4S. The molecule has 0 atom stereocenters. The number of nitrogens with zero attached hydrogens (tertiary/aromatic N) is 2. The van der Waals surface area contributed by atoms with Crippen LogP contribution in [0.2, 0.25) is 0 Å². The largest absolute Gasteiger partial charge is 0.382 e. The third-order valence-electron chi connectivity index (χ3n) is 3.50. The number of carbonyl (C=O) groups is 1. The van der Waals surface area contributed by atoms with Crippen molar-refractivity contribution in [2.75, 3.05) is 23.4 Å². The summed E-state index contributed by atoms with van der Waals surface area (Å²) in [5, 5.41) is 6.08. The first-order chi connectivity index (χ1) is 12.6. The highest BCUT2D eigenvalue weighted by atomic mass is 32.2. The average Bonchev–Trinajstić information content (AvgIpc) is 2.55. The van der Waals surface area contributed by atoms with E-state index in [1.54, 1.807) is 25.1 Å². The molecule has 0 spiro atoms. The predicted molar refractivity (Wildman–Crippen MR) is 104 cm³/mol. The Balaban J connectivity index is 2.33. The van der Waals surface area contributed by atoms with E-state index in [0.717, 1.165) is 6.26 Å². The second kappa shape index (κ2) is 8.21. The Kier molecular flexibility index (Phi) is 6.21. The van der Waals surface area contributed by atoms with Gasteiger partial charge in [0.2, 0.25) is 5.95 Å². The van der Waals surface area contributed by atoms with Gasteiger partial charge in [-0.25, -0.2) is 4.98 Å². The molecule has 0 aliphatic heterocycles. The van der Waals surface area contributed by atoms with Crippen molar-refractivity contribution in [1.29, 1.82) is 0 Å². The van der Waals surface area contributed by atoms with Crippen LogP contribution in [0.15, 0.2) is 24.4 Å². The van der Waals surface area contributed by atoms with Crippen LogP contribution in [0.4, 0.5) is 17.5 Å². The minimum atomic E-state index is -3.65. The molecule has 0 aliphatic rings. The fourth-order valence-electron chi connectivity index (χ4n) is 2.18. The number of aromatic nitrogens is 2. The Morgan fingerprint density at radius 2 is 2.04 bits per heavy atom. The molecule has 2 aromatic rings. The summed E-state index contributed by atoms with van der Waals surface area (Å²) in [4.78, 5) is 20.0. The molecule has 0 aliphatic carbocycles. The maximum atomic E-state index is 11.6. The molecule has 2 rings (SSSR count). The lowest BCUT2D eigenvalue weighted by Gasteiger charge is -2.14. The summed E-state index contributed by atoms with van der Waals surface area (Å²) >= 11 is 0. The molecule has 0 saturated heterocycles. The molecule has 9 nitrogen and oxygen atoms in total. The summed E-state index contributed by atoms with van der Waals surface area (Å²) < 4.78 is 27.7. The summed E-state index contributed by atoms with van der Waals surface area (Å²) in [6.45, 7) is 6.36. The van der Waals surface area contributed by atoms with Crippen LogP contribution >= 0.6 is 0 Å². The van der Waals surface area contributed by atoms with Crippen LogP contribution in [-0.2, 0) is 10.1 Å². The van der Waals surface area contributed by atoms with Gasteiger partial charge in [0.1, 0.15) is 11.6 Å². The number of amides is 1. The highest BCUT2D eigenvalue weighted by molar-refractivity contribution is 7.86. The fraction of sp³-hybridized carbons (Fsp3) is 0.353. The van der Waals surface area contributed by atoms with Gasteiger partial charge in [-0.05, 0) is 25.0 Å². The van der Waals surface area contributed by atoms with Gasteiger partial charge in [-0.15, -0.1) is 0 Å². The SMILES string of the molecule is Cc1c(Nc2ncc(C(N)=O)c(NCC(C)C)n2)cccc1OS(C)(=O)=O. The number of carbonyl (C=O) groups excluding carboxylic acids is 1. The second-order valence-corrected chi connectivity index (χ2v) is 8.01. The van der Waals surface area contributed by atoms with Crippen molar-refractivity contribution in [2.24, 2.45) is 11.7 Å². The summed E-state index contributed by atoms with van der Waals surface area (Å²) in [7, 11) is -3.65. The predicted octanol–water partition coefficient (Wildman–Crippen LogP) is 2.03. The van der Waals surface area contributed by atoms with E-state index in [1.165, 1.54) is 6.20 Å². The molecule has 4 N–H and O–H groups in total. The molecule has 0 fully saturated rings. The number of rotatable bonds is 8. The molecule has 27 heavy (non-hydrogen) atoms. The van der Waals surface area contributed by atoms with Crippen molar-refractivity contribution in [3.8, 4) is 5.75 Å². The second-order valence-electron chi connectivity index (χ2n) is 6.44. The minimum absolute atomic E-state index is 0.187. The number of hydrogen-bond donors (Lipinski definition) is 3. The van der Waals surface area contributed by atoms with Crippen LogP contribution in [0, 0.1) is 12.8 Å². The zero-order chi connectivity index (χ0) is 20.2. The van der Waals surface area contributed by atoms with Crippen molar-refractivity contribution in [2.45, 2.75) is 20.8 Å². The van der Waals surface area contributed by atoms with Crippen LogP contribution in [0.1, 0.15) is 29.8 Å². The van der Waals surface area contributed by atoms with E-state index in [0.29, 0.717) is 29.5 Å². The van der Waals surface area contributed by atoms with Gasteiger partial charge in [-0.1, -0.05) is 19.9 Å². The van der Waals surface area contributed by atoms with Gasteiger partial charge in [-0.2, -0.15) is 13.4 Å². The lowest BCUT2D eigenvalue weighted by atomic mass is 10.2. The molecule has 1 amide bonds. The first-order valence-electron chi connectivity index (χ1n) is 8.23. The zero-order valence-corrected chi connectivity index (χ0v) is 16.4. The topological polar surface area (TPSA) is 136 Å². The first kappa shape index (κ1) is 20.4.